The molecule has 1 aliphatic rings. The first-order chi connectivity index (χ1) is 7.20. The van der Waals surface area contributed by atoms with Crippen LogP contribution in [0.1, 0.15) is 16.2 Å². The Labute approximate surface area is 87.8 Å². The number of aromatic amines is 1. The Balaban J connectivity index is 2.16. The molecule has 0 saturated carbocycles. The van der Waals surface area contributed by atoms with Crippen molar-refractivity contribution >= 4 is 11.6 Å². The predicted octanol–water partition coefficient (Wildman–Crippen LogP) is -0.654. The van der Waals surface area contributed by atoms with E-state index in [4.69, 9.17) is 5.73 Å². The molecule has 1 saturated heterocycles. The third-order valence-corrected chi connectivity index (χ3v) is 2.60. The molecule has 6 heteroatoms. The fourth-order valence-corrected chi connectivity index (χ4v) is 1.62. The number of hydrogen-bond donors (Lipinski definition) is 3. The van der Waals surface area contributed by atoms with Crippen LogP contribution in [0.25, 0.3) is 0 Å². The summed E-state index contributed by atoms with van der Waals surface area (Å²) in [7, 11) is 0. The summed E-state index contributed by atoms with van der Waals surface area (Å²) in [6.45, 7) is 4.88. The number of hydrogen-bond acceptors (Lipinski definition) is 4. The van der Waals surface area contributed by atoms with Gasteiger partial charge in [0.05, 0.1) is 11.4 Å². The molecule has 1 fully saturated rings. The molecular formula is C9H15N5O. The summed E-state index contributed by atoms with van der Waals surface area (Å²) >= 11 is 0. The molecule has 2 rings (SSSR count). The number of carbonyl (C=O) groups excluding carboxylic acids is 1. The number of H-pyrrole nitrogens is 1. The second-order valence-electron chi connectivity index (χ2n) is 3.65. The molecule has 0 radical (unpaired) electrons. The highest BCUT2D eigenvalue weighted by atomic mass is 16.2. The standard InChI is InChI=1S/C9H15N5O/c1-6-7(10)8(13-12-6)9(15)14-4-2-11-3-5-14/h11H,2-5,10H2,1H3,(H,12,13). The van der Waals surface area contributed by atoms with Gasteiger partial charge in [0, 0.05) is 26.2 Å². The van der Waals surface area contributed by atoms with Crippen molar-refractivity contribution in [2.24, 2.45) is 0 Å². The van der Waals surface area contributed by atoms with Crippen LogP contribution >= 0.6 is 0 Å². The molecule has 0 unspecified atom stereocenters. The second kappa shape index (κ2) is 3.90. The average molecular weight is 209 g/mol. The third kappa shape index (κ3) is 1.80. The highest BCUT2D eigenvalue weighted by Gasteiger charge is 2.22. The van der Waals surface area contributed by atoms with Gasteiger partial charge in [0.25, 0.3) is 5.91 Å². The van der Waals surface area contributed by atoms with E-state index < -0.39 is 0 Å². The fraction of sp³-hybridized carbons (Fsp3) is 0.556. The zero-order chi connectivity index (χ0) is 10.8. The number of piperazine rings is 1. The highest BCUT2D eigenvalue weighted by Crippen LogP contribution is 2.14. The number of aryl methyl sites for hydroxylation is 1. The Kier molecular flexibility index (Phi) is 2.59. The lowest BCUT2D eigenvalue weighted by molar-refractivity contribution is 0.0731. The smallest absolute Gasteiger partial charge is 0.276 e. The maximum absolute atomic E-state index is 12.0. The average Bonchev–Trinajstić information content (AvgIpc) is 2.60. The van der Waals surface area contributed by atoms with Crippen LogP contribution in [-0.2, 0) is 0 Å². The lowest BCUT2D eigenvalue weighted by Gasteiger charge is -2.26. The minimum atomic E-state index is -0.0849. The molecule has 2 heterocycles. The van der Waals surface area contributed by atoms with Crippen LogP contribution in [0.3, 0.4) is 0 Å². The minimum absolute atomic E-state index is 0.0849. The van der Waals surface area contributed by atoms with Crippen molar-refractivity contribution in [3.05, 3.63) is 11.4 Å². The van der Waals surface area contributed by atoms with Crippen molar-refractivity contribution in [1.82, 2.24) is 20.4 Å². The molecule has 0 spiro atoms. The molecule has 0 bridgehead atoms. The van der Waals surface area contributed by atoms with Crippen LogP contribution in [-0.4, -0.2) is 47.2 Å². The highest BCUT2D eigenvalue weighted by molar-refractivity contribution is 5.97. The molecule has 0 aromatic carbocycles. The van der Waals surface area contributed by atoms with Crippen molar-refractivity contribution in [3.8, 4) is 0 Å². The Morgan fingerprint density at radius 2 is 2.13 bits per heavy atom. The molecule has 15 heavy (non-hydrogen) atoms. The quantitative estimate of drug-likeness (QED) is 0.573. The molecule has 4 N–H and O–H groups in total. The molecule has 1 amide bonds. The first-order valence-electron chi connectivity index (χ1n) is 5.00. The van der Waals surface area contributed by atoms with Gasteiger partial charge in [-0.05, 0) is 6.92 Å². The Bertz CT molecular complexity index is 367. The number of nitrogen functional groups attached to an aromatic ring is 1. The van der Waals surface area contributed by atoms with Gasteiger partial charge in [-0.25, -0.2) is 0 Å². The Morgan fingerprint density at radius 3 is 2.67 bits per heavy atom. The number of carbonyl (C=O) groups is 1. The summed E-state index contributed by atoms with van der Waals surface area (Å²) in [6.07, 6.45) is 0. The molecule has 82 valence electrons. The first-order valence-corrected chi connectivity index (χ1v) is 5.00. The molecule has 1 aromatic rings. The van der Waals surface area contributed by atoms with E-state index in [-0.39, 0.29) is 5.91 Å². The lowest BCUT2D eigenvalue weighted by Crippen LogP contribution is -2.46. The summed E-state index contributed by atoms with van der Waals surface area (Å²) in [4.78, 5) is 13.7. The third-order valence-electron chi connectivity index (χ3n) is 2.60. The normalized spacial score (nSPS) is 16.7. The molecule has 6 nitrogen and oxygen atoms in total. The van der Waals surface area contributed by atoms with E-state index in [9.17, 15) is 4.79 Å². The molecule has 0 aliphatic carbocycles. The van der Waals surface area contributed by atoms with Crippen molar-refractivity contribution in [2.45, 2.75) is 6.92 Å². The molecule has 0 atom stereocenters. The minimum Gasteiger partial charge on any atom is -0.395 e. The summed E-state index contributed by atoms with van der Waals surface area (Å²) in [5, 5.41) is 9.84. The van der Waals surface area contributed by atoms with E-state index >= 15 is 0 Å². The van der Waals surface area contributed by atoms with Crippen molar-refractivity contribution < 1.29 is 4.79 Å². The van der Waals surface area contributed by atoms with E-state index in [1.165, 1.54) is 0 Å². The summed E-state index contributed by atoms with van der Waals surface area (Å²) in [5.74, 6) is -0.0849. The topological polar surface area (TPSA) is 87.0 Å². The van der Waals surface area contributed by atoms with Crippen LogP contribution in [0, 0.1) is 6.92 Å². The number of rotatable bonds is 1. The number of anilines is 1. The van der Waals surface area contributed by atoms with Gasteiger partial charge in [0.1, 0.15) is 0 Å². The maximum atomic E-state index is 12.0. The van der Waals surface area contributed by atoms with Crippen LogP contribution in [0.2, 0.25) is 0 Å². The number of nitrogens with two attached hydrogens (primary N) is 1. The first kappa shape index (κ1) is 9.97. The second-order valence-corrected chi connectivity index (χ2v) is 3.65. The summed E-state index contributed by atoms with van der Waals surface area (Å²) < 4.78 is 0. The summed E-state index contributed by atoms with van der Waals surface area (Å²) in [5.41, 5.74) is 7.30. The van der Waals surface area contributed by atoms with Gasteiger partial charge in [0.2, 0.25) is 0 Å². The zero-order valence-corrected chi connectivity index (χ0v) is 8.71. The van der Waals surface area contributed by atoms with Crippen LogP contribution in [0.15, 0.2) is 0 Å². The van der Waals surface area contributed by atoms with E-state index in [1.54, 1.807) is 11.8 Å². The van der Waals surface area contributed by atoms with Gasteiger partial charge >= 0.3 is 0 Å². The number of aromatic nitrogens is 2. The monoisotopic (exact) mass is 209 g/mol. The van der Waals surface area contributed by atoms with E-state index in [2.05, 4.69) is 15.5 Å². The fourth-order valence-electron chi connectivity index (χ4n) is 1.62. The zero-order valence-electron chi connectivity index (χ0n) is 8.71. The van der Waals surface area contributed by atoms with E-state index in [0.29, 0.717) is 24.5 Å². The van der Waals surface area contributed by atoms with Crippen LogP contribution in [0.4, 0.5) is 5.69 Å². The number of amides is 1. The summed E-state index contributed by atoms with van der Waals surface area (Å²) in [6, 6.07) is 0. The van der Waals surface area contributed by atoms with Crippen molar-refractivity contribution in [1.29, 1.82) is 0 Å². The number of nitrogens with one attached hydrogen (secondary N) is 2. The van der Waals surface area contributed by atoms with Gasteiger partial charge in [-0.1, -0.05) is 0 Å². The Morgan fingerprint density at radius 1 is 1.47 bits per heavy atom. The van der Waals surface area contributed by atoms with Crippen molar-refractivity contribution in [3.63, 3.8) is 0 Å². The SMILES string of the molecule is Cc1[nH]nc(C(=O)N2CCNCC2)c1N. The van der Waals surface area contributed by atoms with Gasteiger partial charge < -0.3 is 16.0 Å². The van der Waals surface area contributed by atoms with Gasteiger partial charge in [0.15, 0.2) is 5.69 Å². The largest absolute Gasteiger partial charge is 0.395 e. The van der Waals surface area contributed by atoms with Crippen LogP contribution in [0.5, 0.6) is 0 Å². The maximum Gasteiger partial charge on any atom is 0.276 e. The van der Waals surface area contributed by atoms with Crippen LogP contribution < -0.4 is 11.1 Å². The predicted molar refractivity (Wildman–Crippen MR) is 56.5 cm³/mol. The van der Waals surface area contributed by atoms with Gasteiger partial charge in [-0.2, -0.15) is 5.10 Å². The number of nitrogens with zero attached hydrogens (tertiary/aromatic N) is 2. The van der Waals surface area contributed by atoms with Gasteiger partial charge in [-0.3, -0.25) is 9.89 Å². The van der Waals surface area contributed by atoms with Gasteiger partial charge in [-0.15, -0.1) is 0 Å². The molecule has 1 aliphatic heterocycles. The van der Waals surface area contributed by atoms with Crippen molar-refractivity contribution in [2.75, 3.05) is 31.9 Å². The Hall–Kier alpha value is -1.56. The lowest BCUT2D eigenvalue weighted by atomic mass is 10.2. The van der Waals surface area contributed by atoms with E-state index in [0.717, 1.165) is 18.8 Å². The molecule has 1 aromatic heterocycles. The van der Waals surface area contributed by atoms with E-state index in [1.807, 2.05) is 0 Å². The molecular weight excluding hydrogens is 194 g/mol.